The molecule has 0 bridgehead atoms. The van der Waals surface area contributed by atoms with Crippen LogP contribution in [0.2, 0.25) is 0 Å². The predicted octanol–water partition coefficient (Wildman–Crippen LogP) is 0.586. The fraction of sp³-hybridized carbons (Fsp3) is 0.833. The van der Waals surface area contributed by atoms with Gasteiger partial charge in [0.25, 0.3) is 0 Å². The van der Waals surface area contributed by atoms with Crippen molar-refractivity contribution in [3.8, 4) is 0 Å². The molecule has 17 heavy (non-hydrogen) atoms. The lowest BCUT2D eigenvalue weighted by atomic mass is 10.2. The van der Waals surface area contributed by atoms with E-state index in [1.165, 1.54) is 0 Å². The second-order valence-corrected chi connectivity index (χ2v) is 4.40. The van der Waals surface area contributed by atoms with Gasteiger partial charge in [0, 0.05) is 0 Å². The van der Waals surface area contributed by atoms with Gasteiger partial charge in [-0.05, 0) is 32.7 Å². The molecule has 0 aromatic heterocycles. The van der Waals surface area contributed by atoms with Crippen LogP contribution < -0.4 is 10.6 Å². The highest BCUT2D eigenvalue weighted by molar-refractivity contribution is 5.87. The molecule has 1 aliphatic heterocycles. The minimum absolute atomic E-state index is 0.109. The number of esters is 1. The second kappa shape index (κ2) is 7.27. The van der Waals surface area contributed by atoms with E-state index in [0.29, 0.717) is 6.61 Å². The zero-order valence-corrected chi connectivity index (χ0v) is 10.6. The fourth-order valence-corrected chi connectivity index (χ4v) is 1.72. The number of hydrogen-bond donors (Lipinski definition) is 2. The van der Waals surface area contributed by atoms with Crippen molar-refractivity contribution in [3.05, 3.63) is 0 Å². The molecule has 5 nitrogen and oxygen atoms in total. The topological polar surface area (TPSA) is 67.4 Å². The number of carbonyl (C=O) groups is 2. The molecule has 5 heteroatoms. The van der Waals surface area contributed by atoms with E-state index >= 15 is 0 Å². The molecular weight excluding hydrogens is 220 g/mol. The van der Waals surface area contributed by atoms with Crippen molar-refractivity contribution in [1.82, 2.24) is 10.6 Å². The molecule has 0 saturated carbocycles. The lowest BCUT2D eigenvalue weighted by Crippen LogP contribution is -2.47. The summed E-state index contributed by atoms with van der Waals surface area (Å²) in [6.07, 6.45) is 3.69. The average molecular weight is 242 g/mol. The molecule has 1 fully saturated rings. The SMILES string of the molecule is CCCCOC(=O)[C@@H](C)NC(=O)[C@@H]1CCCN1. The van der Waals surface area contributed by atoms with Crippen LogP contribution >= 0.6 is 0 Å². The van der Waals surface area contributed by atoms with Crippen molar-refractivity contribution in [1.29, 1.82) is 0 Å². The quantitative estimate of drug-likeness (QED) is 0.528. The largest absolute Gasteiger partial charge is 0.464 e. The minimum atomic E-state index is -0.568. The molecule has 0 spiro atoms. The summed E-state index contributed by atoms with van der Waals surface area (Å²) in [6.45, 7) is 4.98. The summed E-state index contributed by atoms with van der Waals surface area (Å²) in [7, 11) is 0. The number of amides is 1. The molecule has 98 valence electrons. The minimum Gasteiger partial charge on any atom is -0.464 e. The van der Waals surface area contributed by atoms with Gasteiger partial charge in [-0.15, -0.1) is 0 Å². The number of ether oxygens (including phenoxy) is 1. The first-order valence-electron chi connectivity index (χ1n) is 6.35. The van der Waals surface area contributed by atoms with Crippen molar-refractivity contribution in [3.63, 3.8) is 0 Å². The Morgan fingerprint density at radius 3 is 2.88 bits per heavy atom. The molecule has 0 aliphatic carbocycles. The van der Waals surface area contributed by atoms with Gasteiger partial charge in [-0.2, -0.15) is 0 Å². The molecule has 1 rings (SSSR count). The van der Waals surface area contributed by atoms with Gasteiger partial charge >= 0.3 is 5.97 Å². The zero-order chi connectivity index (χ0) is 12.7. The number of unbranched alkanes of at least 4 members (excludes halogenated alkanes) is 1. The smallest absolute Gasteiger partial charge is 0.328 e. The second-order valence-electron chi connectivity index (χ2n) is 4.40. The van der Waals surface area contributed by atoms with Gasteiger partial charge in [0.2, 0.25) is 5.91 Å². The summed E-state index contributed by atoms with van der Waals surface area (Å²) in [5.74, 6) is -0.466. The summed E-state index contributed by atoms with van der Waals surface area (Å²) in [4.78, 5) is 23.2. The van der Waals surface area contributed by atoms with Crippen LogP contribution in [-0.2, 0) is 14.3 Å². The van der Waals surface area contributed by atoms with Crippen LogP contribution in [-0.4, -0.2) is 37.1 Å². The number of hydrogen-bond acceptors (Lipinski definition) is 4. The highest BCUT2D eigenvalue weighted by Crippen LogP contribution is 2.05. The van der Waals surface area contributed by atoms with Gasteiger partial charge in [0.05, 0.1) is 12.6 Å². The van der Waals surface area contributed by atoms with Gasteiger partial charge in [-0.25, -0.2) is 4.79 Å². The Labute approximate surface area is 102 Å². The summed E-state index contributed by atoms with van der Waals surface area (Å²) in [5.41, 5.74) is 0. The maximum atomic E-state index is 11.7. The maximum absolute atomic E-state index is 11.7. The van der Waals surface area contributed by atoms with Crippen molar-refractivity contribution < 1.29 is 14.3 Å². The van der Waals surface area contributed by atoms with Gasteiger partial charge < -0.3 is 15.4 Å². The molecule has 0 unspecified atom stereocenters. The van der Waals surface area contributed by atoms with Crippen molar-refractivity contribution >= 4 is 11.9 Å². The third-order valence-electron chi connectivity index (χ3n) is 2.83. The van der Waals surface area contributed by atoms with Crippen LogP contribution in [0.3, 0.4) is 0 Å². The van der Waals surface area contributed by atoms with Gasteiger partial charge in [0.1, 0.15) is 6.04 Å². The van der Waals surface area contributed by atoms with Crippen molar-refractivity contribution in [2.75, 3.05) is 13.2 Å². The first-order valence-corrected chi connectivity index (χ1v) is 6.35. The van der Waals surface area contributed by atoms with E-state index in [0.717, 1.165) is 32.2 Å². The van der Waals surface area contributed by atoms with Gasteiger partial charge in [-0.1, -0.05) is 13.3 Å². The molecule has 1 amide bonds. The fourth-order valence-electron chi connectivity index (χ4n) is 1.72. The monoisotopic (exact) mass is 242 g/mol. The first kappa shape index (κ1) is 14.0. The van der Waals surface area contributed by atoms with E-state index in [9.17, 15) is 9.59 Å². The van der Waals surface area contributed by atoms with E-state index in [4.69, 9.17) is 4.74 Å². The Bertz CT molecular complexity index is 262. The lowest BCUT2D eigenvalue weighted by molar-refractivity contribution is -0.147. The molecule has 1 heterocycles. The Morgan fingerprint density at radius 1 is 1.53 bits per heavy atom. The maximum Gasteiger partial charge on any atom is 0.328 e. The zero-order valence-electron chi connectivity index (χ0n) is 10.6. The van der Waals surface area contributed by atoms with Crippen LogP contribution in [0.1, 0.15) is 39.5 Å². The summed E-state index contributed by atoms with van der Waals surface area (Å²) in [6, 6.07) is -0.720. The molecule has 2 atom stereocenters. The molecule has 2 N–H and O–H groups in total. The van der Waals surface area contributed by atoms with E-state index < -0.39 is 6.04 Å². The Kier molecular flexibility index (Phi) is 5.97. The highest BCUT2D eigenvalue weighted by Gasteiger charge is 2.25. The van der Waals surface area contributed by atoms with Crippen LogP contribution in [0, 0.1) is 0 Å². The van der Waals surface area contributed by atoms with Crippen molar-refractivity contribution in [2.45, 2.75) is 51.6 Å². The number of carbonyl (C=O) groups excluding carboxylic acids is 2. The van der Waals surface area contributed by atoms with Crippen LogP contribution in [0.15, 0.2) is 0 Å². The van der Waals surface area contributed by atoms with E-state index in [-0.39, 0.29) is 17.9 Å². The predicted molar refractivity (Wildman–Crippen MR) is 64.5 cm³/mol. The number of nitrogens with one attached hydrogen (secondary N) is 2. The standard InChI is InChI=1S/C12H22N2O3/c1-3-4-8-17-12(16)9(2)14-11(15)10-6-5-7-13-10/h9-10,13H,3-8H2,1-2H3,(H,14,15)/t9-,10+/m1/s1. The molecule has 1 saturated heterocycles. The molecular formula is C12H22N2O3. The normalized spacial score (nSPS) is 20.9. The van der Waals surface area contributed by atoms with E-state index in [1.54, 1.807) is 6.92 Å². The van der Waals surface area contributed by atoms with E-state index in [1.807, 2.05) is 6.92 Å². The molecule has 0 aromatic rings. The van der Waals surface area contributed by atoms with Crippen LogP contribution in [0.25, 0.3) is 0 Å². The lowest BCUT2D eigenvalue weighted by Gasteiger charge is -2.16. The first-order chi connectivity index (χ1) is 8.15. The van der Waals surface area contributed by atoms with Gasteiger partial charge in [-0.3, -0.25) is 4.79 Å². The third kappa shape index (κ3) is 4.73. The third-order valence-corrected chi connectivity index (χ3v) is 2.83. The van der Waals surface area contributed by atoms with Gasteiger partial charge in [0.15, 0.2) is 0 Å². The molecule has 1 aliphatic rings. The Hall–Kier alpha value is -1.10. The van der Waals surface area contributed by atoms with E-state index in [2.05, 4.69) is 10.6 Å². The number of rotatable bonds is 6. The summed E-state index contributed by atoms with van der Waals surface area (Å²) >= 11 is 0. The Morgan fingerprint density at radius 2 is 2.29 bits per heavy atom. The van der Waals surface area contributed by atoms with Crippen molar-refractivity contribution in [2.24, 2.45) is 0 Å². The Balaban J connectivity index is 2.24. The molecule has 0 radical (unpaired) electrons. The summed E-state index contributed by atoms with van der Waals surface area (Å²) in [5, 5.41) is 5.76. The highest BCUT2D eigenvalue weighted by atomic mass is 16.5. The van der Waals surface area contributed by atoms with Crippen LogP contribution in [0.4, 0.5) is 0 Å². The molecule has 0 aromatic carbocycles. The van der Waals surface area contributed by atoms with Crippen LogP contribution in [0.5, 0.6) is 0 Å². The summed E-state index contributed by atoms with van der Waals surface area (Å²) < 4.78 is 5.03. The average Bonchev–Trinajstić information content (AvgIpc) is 2.82.